The van der Waals surface area contributed by atoms with Crippen LogP contribution in [-0.2, 0) is 4.74 Å². The maximum absolute atomic E-state index is 13.5. The number of hydrogen-bond acceptors (Lipinski definition) is 4. The first-order valence-corrected chi connectivity index (χ1v) is 10.2. The van der Waals surface area contributed by atoms with Gasteiger partial charge in [0.15, 0.2) is 0 Å². The summed E-state index contributed by atoms with van der Waals surface area (Å²) in [6.07, 6.45) is 1.52. The van der Waals surface area contributed by atoms with E-state index in [-0.39, 0.29) is 5.69 Å². The minimum atomic E-state index is -0.743. The number of nitrogens with one attached hydrogen (secondary N) is 3. The molecule has 2 amide bonds. The summed E-state index contributed by atoms with van der Waals surface area (Å²) in [5.74, 6) is -0.738. The van der Waals surface area contributed by atoms with Crippen LogP contribution in [0.25, 0.3) is 0 Å². The summed E-state index contributed by atoms with van der Waals surface area (Å²) in [6.45, 7) is 1.85. The van der Waals surface area contributed by atoms with Crippen molar-refractivity contribution in [2.75, 3.05) is 49.3 Å². The molecule has 2 heterocycles. The lowest BCUT2D eigenvalue weighted by Gasteiger charge is -2.47. The number of likely N-dealkylation sites (tertiary alicyclic amines) is 1. The van der Waals surface area contributed by atoms with Crippen LogP contribution in [0.5, 0.6) is 0 Å². The molecule has 1 spiro atoms. The van der Waals surface area contributed by atoms with Gasteiger partial charge in [-0.15, -0.1) is 0 Å². The Morgan fingerprint density at radius 1 is 1.23 bits per heavy atom. The number of ether oxygens (including phenoxy) is 1. The molecule has 2 aromatic carbocycles. The summed E-state index contributed by atoms with van der Waals surface area (Å²) < 4.78 is 32.1. The second-order valence-corrected chi connectivity index (χ2v) is 7.71. The number of benzene rings is 2. The lowest BCUT2D eigenvalue weighted by atomic mass is 9.85. The van der Waals surface area contributed by atoms with E-state index >= 15 is 0 Å². The topological polar surface area (TPSA) is 78.0 Å². The van der Waals surface area contributed by atoms with Crippen molar-refractivity contribution in [2.24, 2.45) is 4.99 Å². The number of piperidine rings is 1. The van der Waals surface area contributed by atoms with E-state index in [9.17, 15) is 13.6 Å². The van der Waals surface area contributed by atoms with Crippen LogP contribution in [0.15, 0.2) is 47.5 Å². The fourth-order valence-corrected chi connectivity index (χ4v) is 4.06. The van der Waals surface area contributed by atoms with E-state index in [1.165, 1.54) is 0 Å². The minimum absolute atomic E-state index is 0.0798. The molecular weight excluding hydrogens is 404 g/mol. The van der Waals surface area contributed by atoms with Gasteiger partial charge in [0.1, 0.15) is 23.0 Å². The molecule has 31 heavy (non-hydrogen) atoms. The summed E-state index contributed by atoms with van der Waals surface area (Å²) in [7, 11) is 1.62. The molecule has 9 heteroatoms. The Balaban J connectivity index is 1.57. The van der Waals surface area contributed by atoms with Gasteiger partial charge in [0.05, 0.1) is 31.1 Å². The second kappa shape index (κ2) is 8.89. The predicted molar refractivity (Wildman–Crippen MR) is 117 cm³/mol. The highest BCUT2D eigenvalue weighted by Crippen LogP contribution is 2.36. The van der Waals surface area contributed by atoms with E-state index in [0.717, 1.165) is 48.3 Å². The molecule has 2 aliphatic rings. The molecule has 164 valence electrons. The van der Waals surface area contributed by atoms with Crippen molar-refractivity contribution in [1.82, 2.24) is 4.90 Å². The van der Waals surface area contributed by atoms with Crippen molar-refractivity contribution in [2.45, 2.75) is 18.4 Å². The van der Waals surface area contributed by atoms with Crippen LogP contribution in [0.2, 0.25) is 0 Å². The van der Waals surface area contributed by atoms with Gasteiger partial charge < -0.3 is 25.6 Å². The first kappa shape index (κ1) is 21.0. The van der Waals surface area contributed by atoms with Crippen molar-refractivity contribution in [3.05, 3.63) is 54.1 Å². The van der Waals surface area contributed by atoms with E-state index < -0.39 is 23.2 Å². The van der Waals surface area contributed by atoms with Gasteiger partial charge in [-0.2, -0.15) is 0 Å². The van der Waals surface area contributed by atoms with Crippen molar-refractivity contribution in [1.29, 1.82) is 0 Å². The quantitative estimate of drug-likeness (QED) is 0.644. The van der Waals surface area contributed by atoms with Crippen LogP contribution >= 0.6 is 0 Å². The molecule has 2 aromatic rings. The zero-order valence-electron chi connectivity index (χ0n) is 17.3. The van der Waals surface area contributed by atoms with Crippen LogP contribution < -0.4 is 16.0 Å². The Kier molecular flexibility index (Phi) is 6.03. The van der Waals surface area contributed by atoms with Crippen molar-refractivity contribution >= 4 is 28.9 Å². The number of amidine groups is 1. The maximum Gasteiger partial charge on any atom is 0.321 e. The summed E-state index contributed by atoms with van der Waals surface area (Å²) in [4.78, 5) is 19.2. The number of carbonyl (C=O) groups excluding carboxylic acids is 1. The molecule has 0 unspecified atom stereocenters. The Hall–Kier alpha value is -3.20. The summed E-state index contributed by atoms with van der Waals surface area (Å²) >= 11 is 0. The first-order valence-electron chi connectivity index (χ1n) is 10.2. The van der Waals surface area contributed by atoms with Crippen LogP contribution in [0.4, 0.5) is 30.6 Å². The number of rotatable bonds is 4. The van der Waals surface area contributed by atoms with Crippen molar-refractivity contribution in [3.8, 4) is 0 Å². The zero-order chi connectivity index (χ0) is 21.8. The number of aliphatic imine (C=N–C) groups is 1. The molecule has 3 N–H and O–H groups in total. The van der Waals surface area contributed by atoms with Gasteiger partial charge in [-0.05, 0) is 37.1 Å². The number of methoxy groups -OCH3 is 1. The number of nitrogens with zero attached hydrogens (tertiary/aromatic N) is 2. The van der Waals surface area contributed by atoms with Crippen LogP contribution in [0, 0.1) is 11.6 Å². The maximum atomic E-state index is 13.5. The third-order valence-corrected chi connectivity index (χ3v) is 5.47. The Morgan fingerprint density at radius 3 is 2.71 bits per heavy atom. The van der Waals surface area contributed by atoms with Crippen LogP contribution in [0.1, 0.15) is 12.8 Å². The minimum Gasteiger partial charge on any atom is -0.383 e. The smallest absolute Gasteiger partial charge is 0.321 e. The number of halogens is 2. The van der Waals surface area contributed by atoms with Crippen LogP contribution in [-0.4, -0.2) is 55.7 Å². The number of fused-ring (bicyclic) bond motifs is 1. The monoisotopic (exact) mass is 429 g/mol. The summed E-state index contributed by atoms with van der Waals surface area (Å²) in [5.41, 5.74) is 1.34. The fraction of sp³-hybridized carbons (Fsp3) is 0.364. The highest BCUT2D eigenvalue weighted by molar-refractivity contribution is 6.10. The fourth-order valence-electron chi connectivity index (χ4n) is 4.06. The standard InChI is InChI=1S/C22H25F2N5O2/c1-31-10-8-25-20-22(28-19-6-3-2-5-18(19)27-20)7-4-9-29(14-22)21(30)26-17-12-15(23)11-16(24)13-17/h2-3,5-6,11-13,28H,4,7-10,14H2,1H3,(H,25,27)(H,26,30)/t22-/m1/s1. The molecule has 1 fully saturated rings. The highest BCUT2D eigenvalue weighted by atomic mass is 19.1. The van der Waals surface area contributed by atoms with Crippen molar-refractivity contribution < 1.29 is 18.3 Å². The molecule has 4 rings (SSSR count). The molecule has 0 saturated carbocycles. The largest absolute Gasteiger partial charge is 0.383 e. The first-order chi connectivity index (χ1) is 15.0. The molecule has 0 aromatic heterocycles. The second-order valence-electron chi connectivity index (χ2n) is 7.71. The average Bonchev–Trinajstić information content (AvgIpc) is 2.73. The number of hydrogen-bond donors (Lipinski definition) is 3. The van der Waals surface area contributed by atoms with Gasteiger partial charge in [-0.25, -0.2) is 13.6 Å². The normalized spacial score (nSPS) is 21.4. The van der Waals surface area contributed by atoms with E-state index in [2.05, 4.69) is 16.0 Å². The molecule has 2 aliphatic heterocycles. The number of carbonyl (C=O) groups is 1. The number of para-hydroxylation sites is 2. The Labute approximate surface area is 179 Å². The SMILES string of the molecule is COCCN=C1Nc2ccccc2N[C@@]12CCCN(C(=O)Nc1cc(F)cc(F)c1)C2. The van der Waals surface area contributed by atoms with Gasteiger partial charge in [-0.3, -0.25) is 4.99 Å². The van der Waals surface area contributed by atoms with Crippen LogP contribution in [0.3, 0.4) is 0 Å². The van der Waals surface area contributed by atoms with Crippen molar-refractivity contribution in [3.63, 3.8) is 0 Å². The molecule has 1 atom stereocenters. The molecule has 1 saturated heterocycles. The van der Waals surface area contributed by atoms with E-state index in [1.54, 1.807) is 12.0 Å². The average molecular weight is 429 g/mol. The summed E-state index contributed by atoms with van der Waals surface area (Å²) in [5, 5.41) is 9.60. The third kappa shape index (κ3) is 4.61. The van der Waals surface area contributed by atoms with Gasteiger partial charge in [0, 0.05) is 25.4 Å². The zero-order valence-corrected chi connectivity index (χ0v) is 17.3. The van der Waals surface area contributed by atoms with E-state index in [4.69, 9.17) is 9.73 Å². The van der Waals surface area contributed by atoms with E-state index in [0.29, 0.717) is 26.2 Å². The molecule has 0 radical (unpaired) electrons. The highest BCUT2D eigenvalue weighted by Gasteiger charge is 2.44. The number of amides is 2. The van der Waals surface area contributed by atoms with Gasteiger partial charge in [0.25, 0.3) is 0 Å². The number of anilines is 3. The predicted octanol–water partition coefficient (Wildman–Crippen LogP) is 3.91. The summed E-state index contributed by atoms with van der Waals surface area (Å²) in [6, 6.07) is 10.4. The number of urea groups is 1. The Bertz CT molecular complexity index is 979. The third-order valence-electron chi connectivity index (χ3n) is 5.47. The van der Waals surface area contributed by atoms with Gasteiger partial charge in [0.2, 0.25) is 0 Å². The van der Waals surface area contributed by atoms with Gasteiger partial charge in [-0.1, -0.05) is 12.1 Å². The lowest BCUT2D eigenvalue weighted by Crippen LogP contribution is -2.63. The van der Waals surface area contributed by atoms with E-state index in [1.807, 2.05) is 24.3 Å². The molecule has 7 nitrogen and oxygen atoms in total. The lowest BCUT2D eigenvalue weighted by molar-refractivity contribution is 0.186. The molecule has 0 aliphatic carbocycles. The molecular formula is C22H25F2N5O2. The molecule has 0 bridgehead atoms. The Morgan fingerprint density at radius 2 is 1.97 bits per heavy atom. The van der Waals surface area contributed by atoms with Gasteiger partial charge >= 0.3 is 6.03 Å².